The second-order valence-corrected chi connectivity index (χ2v) is 1.76. The van der Waals surface area contributed by atoms with Crippen LogP contribution < -0.4 is 0 Å². The predicted octanol–water partition coefficient (Wildman–Crippen LogP) is 0.524. The lowest BCUT2D eigenvalue weighted by atomic mass is 10.3. The molecule has 1 heterocycles. The number of carbonyl (C=O) groups excluding carboxylic acids is 2. The highest BCUT2D eigenvalue weighted by Gasteiger charge is 2.14. The predicted molar refractivity (Wildman–Crippen MR) is 34.8 cm³/mol. The zero-order chi connectivity index (χ0) is 8.27. The second kappa shape index (κ2) is 3.01. The lowest BCUT2D eigenvalue weighted by molar-refractivity contribution is 0.0599. The molecule has 1 aromatic rings. The van der Waals surface area contributed by atoms with E-state index in [-0.39, 0.29) is 11.3 Å². The molecule has 0 aliphatic heterocycles. The number of carbonyl (C=O) groups is 1. The summed E-state index contributed by atoms with van der Waals surface area (Å²) in [5, 5.41) is 0. The average molecular weight is 153 g/mol. The van der Waals surface area contributed by atoms with E-state index < -0.39 is 5.97 Å². The van der Waals surface area contributed by atoms with Gasteiger partial charge in [-0.3, -0.25) is 4.79 Å². The second-order valence-electron chi connectivity index (χ2n) is 1.76. The molecule has 0 aliphatic carbocycles. The van der Waals surface area contributed by atoms with Gasteiger partial charge < -0.3 is 9.15 Å². The summed E-state index contributed by atoms with van der Waals surface area (Å²) in [6.07, 6.45) is 2.70. The topological polar surface area (TPSA) is 56.5 Å². The molecule has 1 aromatic heterocycles. The Morgan fingerprint density at radius 3 is 3.00 bits per heavy atom. The van der Waals surface area contributed by atoms with Gasteiger partial charge in [-0.05, 0) is 6.07 Å². The van der Waals surface area contributed by atoms with Gasteiger partial charge in [0.25, 0.3) is 6.29 Å². The maximum Gasteiger partial charge on any atom is 0.341 e. The number of hydrogen-bond donors (Lipinski definition) is 0. The molecule has 0 unspecified atom stereocenters. The van der Waals surface area contributed by atoms with Gasteiger partial charge in [0.1, 0.15) is 5.56 Å². The summed E-state index contributed by atoms with van der Waals surface area (Å²) in [5.41, 5.74) is 0.0995. The first-order valence-corrected chi connectivity index (χ1v) is 2.83. The van der Waals surface area contributed by atoms with Crippen molar-refractivity contribution in [3.05, 3.63) is 23.7 Å². The van der Waals surface area contributed by atoms with Crippen LogP contribution in [0.1, 0.15) is 16.1 Å². The van der Waals surface area contributed by atoms with Crippen LogP contribution in [0.25, 0.3) is 0 Å². The highest BCUT2D eigenvalue weighted by Crippen LogP contribution is 2.08. The van der Waals surface area contributed by atoms with Crippen LogP contribution in [-0.4, -0.2) is 19.4 Å². The van der Waals surface area contributed by atoms with E-state index in [4.69, 9.17) is 0 Å². The van der Waals surface area contributed by atoms with Gasteiger partial charge in [-0.25, -0.2) is 4.79 Å². The summed E-state index contributed by atoms with van der Waals surface area (Å²) in [7, 11) is 1.23. The summed E-state index contributed by atoms with van der Waals surface area (Å²) in [4.78, 5) is 20.9. The zero-order valence-electron chi connectivity index (χ0n) is 5.79. The molecule has 0 spiro atoms. The van der Waals surface area contributed by atoms with Gasteiger partial charge in [-0.1, -0.05) is 0 Å². The Labute approximate surface area is 62.8 Å². The maximum absolute atomic E-state index is 10.8. The SMILES string of the molecule is COC(=O)c1ccoc1[C]=O. The molecule has 0 aliphatic rings. The molecule has 0 fully saturated rings. The first kappa shape index (κ1) is 7.53. The van der Waals surface area contributed by atoms with Crippen molar-refractivity contribution >= 4 is 12.3 Å². The third kappa shape index (κ3) is 1.29. The number of hydrogen-bond acceptors (Lipinski definition) is 4. The summed E-state index contributed by atoms with van der Waals surface area (Å²) in [6.45, 7) is 0. The number of furan rings is 1. The van der Waals surface area contributed by atoms with Crippen molar-refractivity contribution in [2.45, 2.75) is 0 Å². The van der Waals surface area contributed by atoms with Crippen LogP contribution in [0.4, 0.5) is 0 Å². The fourth-order valence-corrected chi connectivity index (χ4v) is 0.659. The quantitative estimate of drug-likeness (QED) is 0.581. The van der Waals surface area contributed by atoms with Gasteiger partial charge in [0.15, 0.2) is 5.76 Å². The van der Waals surface area contributed by atoms with E-state index in [1.807, 2.05) is 0 Å². The van der Waals surface area contributed by atoms with E-state index in [2.05, 4.69) is 9.15 Å². The van der Waals surface area contributed by atoms with Crippen molar-refractivity contribution in [2.24, 2.45) is 0 Å². The maximum atomic E-state index is 10.8. The summed E-state index contributed by atoms with van der Waals surface area (Å²) < 4.78 is 8.97. The fraction of sp³-hybridized carbons (Fsp3) is 0.143. The van der Waals surface area contributed by atoms with E-state index in [1.54, 1.807) is 0 Å². The average Bonchev–Trinajstić information content (AvgIpc) is 2.50. The van der Waals surface area contributed by atoms with Crippen LogP contribution in [0.5, 0.6) is 0 Å². The molecule has 0 saturated carbocycles. The van der Waals surface area contributed by atoms with Gasteiger partial charge >= 0.3 is 5.97 Å². The lowest BCUT2D eigenvalue weighted by Crippen LogP contribution is -2.02. The highest BCUT2D eigenvalue weighted by molar-refractivity contribution is 5.96. The van der Waals surface area contributed by atoms with Gasteiger partial charge in [0.05, 0.1) is 13.4 Å². The molecule has 0 N–H and O–H groups in total. The van der Waals surface area contributed by atoms with Crippen LogP contribution in [0, 0.1) is 0 Å². The van der Waals surface area contributed by atoms with E-state index >= 15 is 0 Å². The lowest BCUT2D eigenvalue weighted by Gasteiger charge is -1.92. The van der Waals surface area contributed by atoms with E-state index in [0.29, 0.717) is 0 Å². The Hall–Kier alpha value is -1.58. The van der Waals surface area contributed by atoms with E-state index in [9.17, 15) is 9.59 Å². The molecular formula is C7H5O4. The third-order valence-corrected chi connectivity index (χ3v) is 1.16. The fourth-order valence-electron chi connectivity index (χ4n) is 0.659. The Morgan fingerprint density at radius 1 is 1.73 bits per heavy atom. The summed E-state index contributed by atoms with van der Waals surface area (Å²) in [6, 6.07) is 1.35. The normalized spacial score (nSPS) is 9.18. The number of ether oxygens (including phenoxy) is 1. The molecule has 1 rings (SSSR count). The summed E-state index contributed by atoms with van der Waals surface area (Å²) >= 11 is 0. The Morgan fingerprint density at radius 2 is 2.45 bits per heavy atom. The smallest absolute Gasteiger partial charge is 0.341 e. The first-order valence-electron chi connectivity index (χ1n) is 2.83. The van der Waals surface area contributed by atoms with Crippen LogP contribution in [0.2, 0.25) is 0 Å². The van der Waals surface area contributed by atoms with Gasteiger partial charge in [-0.2, -0.15) is 0 Å². The monoisotopic (exact) mass is 153 g/mol. The van der Waals surface area contributed by atoms with Crippen LogP contribution in [-0.2, 0) is 9.53 Å². The van der Waals surface area contributed by atoms with E-state index in [1.165, 1.54) is 25.7 Å². The highest BCUT2D eigenvalue weighted by atomic mass is 16.5. The standard InChI is InChI=1S/C7H5O4/c1-10-7(9)5-2-3-11-6(5)4-8/h2-3H,1H3. The molecule has 0 saturated heterocycles. The Balaban J connectivity index is 3.01. The van der Waals surface area contributed by atoms with Crippen LogP contribution >= 0.6 is 0 Å². The number of esters is 1. The molecule has 57 valence electrons. The molecule has 0 atom stereocenters. The Kier molecular flexibility index (Phi) is 2.06. The first-order chi connectivity index (χ1) is 5.29. The Bertz CT molecular complexity index is 274. The van der Waals surface area contributed by atoms with Gasteiger partial charge in [0, 0.05) is 0 Å². The van der Waals surface area contributed by atoms with E-state index in [0.717, 1.165) is 0 Å². The minimum absolute atomic E-state index is 0.0995. The summed E-state index contributed by atoms with van der Waals surface area (Å²) in [5.74, 6) is -0.728. The van der Waals surface area contributed by atoms with Crippen LogP contribution in [0.15, 0.2) is 16.7 Å². The van der Waals surface area contributed by atoms with Crippen molar-refractivity contribution in [1.82, 2.24) is 0 Å². The van der Waals surface area contributed by atoms with Crippen molar-refractivity contribution in [3.63, 3.8) is 0 Å². The van der Waals surface area contributed by atoms with Crippen LogP contribution in [0.3, 0.4) is 0 Å². The number of methoxy groups -OCH3 is 1. The zero-order valence-corrected chi connectivity index (χ0v) is 5.79. The molecule has 0 bridgehead atoms. The molecule has 0 aromatic carbocycles. The molecule has 4 nitrogen and oxygen atoms in total. The van der Waals surface area contributed by atoms with Crippen molar-refractivity contribution in [1.29, 1.82) is 0 Å². The number of rotatable bonds is 2. The minimum atomic E-state index is -0.600. The van der Waals surface area contributed by atoms with Gasteiger partial charge in [0.2, 0.25) is 0 Å². The third-order valence-electron chi connectivity index (χ3n) is 1.16. The molecule has 11 heavy (non-hydrogen) atoms. The minimum Gasteiger partial charge on any atom is -0.465 e. The largest absolute Gasteiger partial charge is 0.465 e. The van der Waals surface area contributed by atoms with Crippen molar-refractivity contribution in [3.8, 4) is 0 Å². The molecule has 0 amide bonds. The molecular weight excluding hydrogens is 148 g/mol. The van der Waals surface area contributed by atoms with Crippen molar-refractivity contribution < 1.29 is 18.7 Å². The molecule has 4 heteroatoms. The molecule has 1 radical (unpaired) electrons. The van der Waals surface area contributed by atoms with Crippen molar-refractivity contribution in [2.75, 3.05) is 7.11 Å². The van der Waals surface area contributed by atoms with Gasteiger partial charge in [-0.15, -0.1) is 0 Å².